The number of benzene rings is 2. The number of carbonyl (C=O) groups excluding carboxylic acids is 1. The topological polar surface area (TPSA) is 54.8 Å². The minimum absolute atomic E-state index is 0. The van der Waals surface area contributed by atoms with Gasteiger partial charge in [0.25, 0.3) is 0 Å². The van der Waals surface area contributed by atoms with Crippen LogP contribution in [-0.4, -0.2) is 59.4 Å². The zero-order valence-electron chi connectivity index (χ0n) is 20.4. The van der Waals surface area contributed by atoms with E-state index in [1.54, 1.807) is 7.11 Å². The molecule has 1 fully saturated rings. The summed E-state index contributed by atoms with van der Waals surface area (Å²) in [6.07, 6.45) is 2.28. The fourth-order valence-corrected chi connectivity index (χ4v) is 4.82. The number of carbonyl (C=O) groups is 1. The van der Waals surface area contributed by atoms with E-state index in [0.717, 1.165) is 31.2 Å². The number of amidine groups is 1. The number of nitrogens with zero attached hydrogens (tertiary/aromatic N) is 4. The first-order valence-electron chi connectivity index (χ1n) is 11.8. The lowest BCUT2D eigenvalue weighted by Crippen LogP contribution is -3.00. The Hall–Kier alpha value is -2.78. The van der Waals surface area contributed by atoms with Gasteiger partial charge in [0, 0.05) is 25.5 Å². The van der Waals surface area contributed by atoms with E-state index in [4.69, 9.17) is 4.84 Å². The van der Waals surface area contributed by atoms with Crippen molar-refractivity contribution < 1.29 is 38.1 Å². The van der Waals surface area contributed by atoms with Crippen LogP contribution in [0.2, 0.25) is 0 Å². The van der Waals surface area contributed by atoms with Crippen LogP contribution in [0, 0.1) is 0 Å². The molecular formula is C28H33IN4O2. The molecule has 0 saturated carbocycles. The van der Waals surface area contributed by atoms with Gasteiger partial charge in [0.2, 0.25) is 11.7 Å². The highest BCUT2D eigenvalue weighted by Gasteiger charge is 2.39. The Labute approximate surface area is 225 Å². The molecule has 1 aliphatic heterocycles. The maximum atomic E-state index is 13.5. The Bertz CT molecular complexity index is 1050. The lowest BCUT2D eigenvalue weighted by atomic mass is 9.88. The van der Waals surface area contributed by atoms with Crippen molar-refractivity contribution in [1.82, 2.24) is 9.88 Å². The predicted octanol–water partition coefficient (Wildman–Crippen LogP) is 1.45. The van der Waals surface area contributed by atoms with E-state index < -0.39 is 0 Å². The Morgan fingerprint density at radius 2 is 1.54 bits per heavy atom. The van der Waals surface area contributed by atoms with E-state index in [0.29, 0.717) is 24.0 Å². The van der Waals surface area contributed by atoms with Crippen molar-refractivity contribution in [2.75, 3.05) is 33.3 Å². The van der Waals surface area contributed by atoms with Gasteiger partial charge in [-0.15, -0.1) is 0 Å². The summed E-state index contributed by atoms with van der Waals surface area (Å²) in [5.41, 5.74) is 3.35. The minimum atomic E-state index is 0. The zero-order chi connectivity index (χ0) is 23.8. The number of rotatable bonds is 7. The average Bonchev–Trinajstić information content (AvgIpc) is 2.89. The van der Waals surface area contributed by atoms with Crippen LogP contribution in [0.15, 0.2) is 90.2 Å². The molecular weight excluding hydrogens is 551 g/mol. The molecule has 1 aromatic heterocycles. The molecule has 1 amide bonds. The Morgan fingerprint density at radius 3 is 2.06 bits per heavy atom. The van der Waals surface area contributed by atoms with Gasteiger partial charge in [0.15, 0.2) is 0 Å². The van der Waals surface area contributed by atoms with Gasteiger partial charge in [-0.1, -0.05) is 66.7 Å². The maximum Gasteiger partial charge on any atom is 0.235 e. The fourth-order valence-electron chi connectivity index (χ4n) is 4.82. The third-order valence-corrected chi connectivity index (χ3v) is 6.83. The molecule has 0 radical (unpaired) electrons. The summed E-state index contributed by atoms with van der Waals surface area (Å²) in [5, 5.41) is 4.27. The minimum Gasteiger partial charge on any atom is -1.00 e. The third-order valence-electron chi connectivity index (χ3n) is 6.83. The molecule has 0 aliphatic carbocycles. The first-order valence-corrected chi connectivity index (χ1v) is 11.8. The first kappa shape index (κ1) is 26.8. The number of oxime groups is 1. The number of pyridine rings is 1. The average molecular weight is 585 g/mol. The Kier molecular flexibility index (Phi) is 9.80. The van der Waals surface area contributed by atoms with E-state index >= 15 is 0 Å². The molecule has 1 aliphatic rings. The van der Waals surface area contributed by atoms with Crippen molar-refractivity contribution in [2.45, 2.75) is 25.8 Å². The largest absolute Gasteiger partial charge is 1.00 e. The van der Waals surface area contributed by atoms with Crippen molar-refractivity contribution >= 4 is 11.7 Å². The van der Waals surface area contributed by atoms with Crippen LogP contribution in [0.3, 0.4) is 0 Å². The van der Waals surface area contributed by atoms with Gasteiger partial charge in [0.1, 0.15) is 26.7 Å². The molecule has 0 atom stereocenters. The highest BCUT2D eigenvalue weighted by molar-refractivity contribution is 5.78. The van der Waals surface area contributed by atoms with E-state index in [9.17, 15) is 4.79 Å². The lowest BCUT2D eigenvalue weighted by molar-refractivity contribution is -0.861. The molecule has 4 rings (SSSR count). The maximum absolute atomic E-state index is 13.5. The number of hydrogen-bond donors (Lipinski definition) is 0. The van der Waals surface area contributed by atoms with Crippen LogP contribution in [0.25, 0.3) is 0 Å². The molecule has 184 valence electrons. The summed E-state index contributed by atoms with van der Waals surface area (Å²) in [5.74, 6) is 1.14. The van der Waals surface area contributed by atoms with Gasteiger partial charge >= 0.3 is 0 Å². The SMILES string of the molecule is CO/N=C(\C)[N+]1(Cc2ccccn2)CCN(C(=O)CC(c2ccccc2)c2ccccc2)CC1.[I-]. The summed E-state index contributed by atoms with van der Waals surface area (Å²) in [4.78, 5) is 25.1. The van der Waals surface area contributed by atoms with Gasteiger partial charge in [-0.2, -0.15) is 0 Å². The molecule has 3 aromatic rings. The number of piperazine rings is 1. The monoisotopic (exact) mass is 584 g/mol. The molecule has 2 heterocycles. The van der Waals surface area contributed by atoms with Crippen molar-refractivity contribution in [3.8, 4) is 0 Å². The molecule has 35 heavy (non-hydrogen) atoms. The van der Waals surface area contributed by atoms with E-state index in [2.05, 4.69) is 34.4 Å². The molecule has 0 bridgehead atoms. The second-order valence-electron chi connectivity index (χ2n) is 8.85. The van der Waals surface area contributed by atoms with Crippen molar-refractivity contribution in [2.24, 2.45) is 5.16 Å². The Morgan fingerprint density at radius 1 is 0.971 bits per heavy atom. The van der Waals surface area contributed by atoms with E-state index in [1.807, 2.05) is 72.6 Å². The first-order chi connectivity index (χ1) is 16.6. The Balaban J connectivity index is 0.00000342. The standard InChI is InChI=1S/C28H33N4O2.HI/c1-23(30-34-2)32(22-26-15-9-10-16-29-26)19-17-31(18-20-32)28(33)21-27(24-11-5-3-6-12-24)25-13-7-4-8-14-25;/h3-16,27H,17-22H2,1-2H3;1H/q+1;/p-1/b30-23+;. The second kappa shape index (κ2) is 12.8. The molecule has 0 N–H and O–H groups in total. The van der Waals surface area contributed by atoms with E-state index in [-0.39, 0.29) is 35.8 Å². The van der Waals surface area contributed by atoms with Crippen molar-refractivity contribution in [1.29, 1.82) is 0 Å². The van der Waals surface area contributed by atoms with Crippen LogP contribution in [0.1, 0.15) is 36.1 Å². The molecule has 2 aromatic carbocycles. The van der Waals surface area contributed by atoms with E-state index in [1.165, 1.54) is 11.1 Å². The van der Waals surface area contributed by atoms with Gasteiger partial charge in [0.05, 0.1) is 18.8 Å². The summed E-state index contributed by atoms with van der Waals surface area (Å²) in [6, 6.07) is 26.6. The number of hydrogen-bond acceptors (Lipinski definition) is 4. The number of amides is 1. The van der Waals surface area contributed by atoms with Gasteiger partial charge < -0.3 is 33.7 Å². The molecule has 6 nitrogen and oxygen atoms in total. The molecule has 0 spiro atoms. The number of aromatic nitrogens is 1. The summed E-state index contributed by atoms with van der Waals surface area (Å²) in [7, 11) is 1.58. The van der Waals surface area contributed by atoms with Crippen LogP contribution in [0.5, 0.6) is 0 Å². The summed E-state index contributed by atoms with van der Waals surface area (Å²) >= 11 is 0. The van der Waals surface area contributed by atoms with Gasteiger partial charge in [-0.25, -0.2) is 0 Å². The van der Waals surface area contributed by atoms with Crippen LogP contribution in [-0.2, 0) is 16.2 Å². The van der Waals surface area contributed by atoms with Crippen LogP contribution in [0.4, 0.5) is 0 Å². The van der Waals surface area contributed by atoms with Crippen LogP contribution >= 0.6 is 0 Å². The normalized spacial score (nSPS) is 15.4. The molecule has 7 heteroatoms. The fraction of sp³-hybridized carbons (Fsp3) is 0.321. The second-order valence-corrected chi connectivity index (χ2v) is 8.85. The van der Waals surface area contributed by atoms with Gasteiger partial charge in [-0.05, 0) is 28.4 Å². The predicted molar refractivity (Wildman–Crippen MR) is 134 cm³/mol. The van der Waals surface area contributed by atoms with Gasteiger partial charge in [-0.3, -0.25) is 14.3 Å². The number of halogens is 1. The third kappa shape index (κ3) is 6.67. The quantitative estimate of drug-likeness (QED) is 0.139. The highest BCUT2D eigenvalue weighted by Crippen LogP contribution is 2.29. The van der Waals surface area contributed by atoms with Crippen LogP contribution < -0.4 is 24.0 Å². The van der Waals surface area contributed by atoms with Crippen molar-refractivity contribution in [3.05, 3.63) is 102 Å². The number of quaternary nitrogens is 1. The zero-order valence-corrected chi connectivity index (χ0v) is 22.5. The van der Waals surface area contributed by atoms with Crippen molar-refractivity contribution in [3.63, 3.8) is 0 Å². The molecule has 1 saturated heterocycles. The lowest BCUT2D eigenvalue weighted by Gasteiger charge is -2.43. The smallest absolute Gasteiger partial charge is 0.235 e. The molecule has 0 unspecified atom stereocenters. The highest BCUT2D eigenvalue weighted by atomic mass is 127. The summed E-state index contributed by atoms with van der Waals surface area (Å²) in [6.45, 7) is 5.66. The summed E-state index contributed by atoms with van der Waals surface area (Å²) < 4.78 is 0.648.